The van der Waals surface area contributed by atoms with E-state index in [1.54, 1.807) is 0 Å². The van der Waals surface area contributed by atoms with Crippen molar-refractivity contribution in [2.24, 2.45) is 56.7 Å². The normalized spacial score (nSPS) is 55.3. The molecule has 5 rings (SSSR count). The highest BCUT2D eigenvalue weighted by atomic mass is 16.4. The number of rotatable bonds is 4. The summed E-state index contributed by atoms with van der Waals surface area (Å²) in [6.45, 7) is 13.7. The van der Waals surface area contributed by atoms with Crippen molar-refractivity contribution in [1.29, 1.82) is 0 Å². The molecule has 5 fully saturated rings. The molecular formula is C30H48O5. The number of aliphatic carboxylic acids is 1. The van der Waals surface area contributed by atoms with Crippen LogP contribution < -0.4 is 0 Å². The summed E-state index contributed by atoms with van der Waals surface area (Å²) in [6.07, 6.45) is 8.73. The van der Waals surface area contributed by atoms with E-state index in [9.17, 15) is 25.2 Å². The van der Waals surface area contributed by atoms with Gasteiger partial charge in [-0.1, -0.05) is 34.3 Å². The third kappa shape index (κ3) is 3.01. The number of hydrogen-bond acceptors (Lipinski definition) is 4. The molecule has 0 radical (unpaired) electrons. The van der Waals surface area contributed by atoms with E-state index in [4.69, 9.17) is 0 Å². The van der Waals surface area contributed by atoms with Gasteiger partial charge in [0.25, 0.3) is 0 Å². The van der Waals surface area contributed by atoms with Gasteiger partial charge < -0.3 is 20.4 Å². The molecule has 1 unspecified atom stereocenters. The lowest BCUT2D eigenvalue weighted by atomic mass is 9.32. The second kappa shape index (κ2) is 8.04. The van der Waals surface area contributed by atoms with E-state index in [0.717, 1.165) is 63.4 Å². The molecule has 0 saturated heterocycles. The molecule has 0 aromatic rings. The Bertz CT molecular complexity index is 901. The molecule has 198 valence electrons. The SMILES string of the molecule is C=C(CO)[C@@H]1CC[C@]2(C(=O)O)CC[C@]3(C)[C@H](CC[C@@H]4[C@@]5(C)CC[C@H](O)C(C)(CO)[C@@H]5CC[C@]43C)[C@@H]12. The Morgan fingerprint density at radius 1 is 0.857 bits per heavy atom. The summed E-state index contributed by atoms with van der Waals surface area (Å²) in [7, 11) is 0. The number of carbonyl (C=O) groups is 1. The first-order valence-corrected chi connectivity index (χ1v) is 14.2. The standard InChI is InChI=1S/C30H48O5/c1-18(16-31)19-8-13-30(25(34)35)15-14-28(4)20(24(19)30)6-7-22-26(2)11-10-23(33)27(3,17-32)21(26)9-12-29(22,28)5/h19-24,31-33H,1,6-17H2,2-5H3,(H,34,35)/t19-,20+,21+,22+,23-,24+,26-,27?,28+,29+,30-/m0/s1. The molecule has 0 aromatic carbocycles. The Kier molecular flexibility index (Phi) is 5.91. The second-order valence-corrected chi connectivity index (χ2v) is 14.3. The Morgan fingerprint density at radius 2 is 1.57 bits per heavy atom. The van der Waals surface area contributed by atoms with Crippen molar-refractivity contribution in [3.63, 3.8) is 0 Å². The molecule has 0 heterocycles. The molecule has 0 bridgehead atoms. The van der Waals surface area contributed by atoms with Crippen LogP contribution in [0.25, 0.3) is 0 Å². The molecule has 0 aromatic heterocycles. The molecule has 11 atom stereocenters. The van der Waals surface area contributed by atoms with Gasteiger partial charge in [0.15, 0.2) is 0 Å². The van der Waals surface area contributed by atoms with Crippen LogP contribution in [-0.4, -0.2) is 45.7 Å². The molecule has 0 spiro atoms. The van der Waals surface area contributed by atoms with Crippen molar-refractivity contribution in [2.75, 3.05) is 13.2 Å². The molecule has 0 aliphatic heterocycles. The van der Waals surface area contributed by atoms with E-state index in [1.165, 1.54) is 0 Å². The van der Waals surface area contributed by atoms with E-state index in [0.29, 0.717) is 24.2 Å². The average Bonchev–Trinajstić information content (AvgIpc) is 3.23. The molecule has 0 amide bonds. The van der Waals surface area contributed by atoms with Crippen molar-refractivity contribution >= 4 is 5.97 Å². The lowest BCUT2D eigenvalue weighted by Crippen LogP contribution is -2.67. The summed E-state index contributed by atoms with van der Waals surface area (Å²) in [5.41, 5.74) is -0.0996. The smallest absolute Gasteiger partial charge is 0.309 e. The average molecular weight is 489 g/mol. The van der Waals surface area contributed by atoms with Crippen LogP contribution in [0.15, 0.2) is 12.2 Å². The van der Waals surface area contributed by atoms with E-state index >= 15 is 0 Å². The van der Waals surface area contributed by atoms with Gasteiger partial charge in [0.2, 0.25) is 0 Å². The van der Waals surface area contributed by atoms with Crippen LogP contribution in [0.3, 0.4) is 0 Å². The van der Waals surface area contributed by atoms with Crippen LogP contribution in [0.2, 0.25) is 0 Å². The highest BCUT2D eigenvalue weighted by molar-refractivity contribution is 5.76. The van der Waals surface area contributed by atoms with Gasteiger partial charge in [0.05, 0.1) is 24.7 Å². The van der Waals surface area contributed by atoms with Crippen LogP contribution in [-0.2, 0) is 4.79 Å². The van der Waals surface area contributed by atoms with Crippen LogP contribution in [0.5, 0.6) is 0 Å². The first-order chi connectivity index (χ1) is 16.4. The zero-order valence-corrected chi connectivity index (χ0v) is 22.4. The van der Waals surface area contributed by atoms with Gasteiger partial charge >= 0.3 is 5.97 Å². The monoisotopic (exact) mass is 488 g/mol. The molecular weight excluding hydrogens is 440 g/mol. The Morgan fingerprint density at radius 3 is 2.20 bits per heavy atom. The number of carboxylic acids is 1. The minimum atomic E-state index is -0.679. The third-order valence-electron chi connectivity index (χ3n) is 13.7. The van der Waals surface area contributed by atoms with Crippen LogP contribution in [0.1, 0.15) is 91.9 Å². The van der Waals surface area contributed by atoms with Gasteiger partial charge in [-0.05, 0) is 116 Å². The minimum Gasteiger partial charge on any atom is -0.481 e. The Labute approximate surface area is 211 Å². The van der Waals surface area contributed by atoms with Crippen molar-refractivity contribution in [3.05, 3.63) is 12.2 Å². The van der Waals surface area contributed by atoms with Crippen LogP contribution in [0.4, 0.5) is 0 Å². The number of carboxylic acid groups (broad SMARTS) is 1. The van der Waals surface area contributed by atoms with E-state index in [1.807, 2.05) is 0 Å². The second-order valence-electron chi connectivity index (χ2n) is 14.3. The lowest BCUT2D eigenvalue weighted by molar-refractivity contribution is -0.254. The highest BCUT2D eigenvalue weighted by Crippen LogP contribution is 2.77. The van der Waals surface area contributed by atoms with Gasteiger partial charge in [0.1, 0.15) is 0 Å². The van der Waals surface area contributed by atoms with Crippen molar-refractivity contribution in [3.8, 4) is 0 Å². The van der Waals surface area contributed by atoms with Gasteiger partial charge in [-0.15, -0.1) is 0 Å². The van der Waals surface area contributed by atoms with Gasteiger partial charge in [-0.3, -0.25) is 4.79 Å². The molecule has 4 N–H and O–H groups in total. The predicted molar refractivity (Wildman–Crippen MR) is 135 cm³/mol. The van der Waals surface area contributed by atoms with Gasteiger partial charge in [-0.2, -0.15) is 0 Å². The summed E-state index contributed by atoms with van der Waals surface area (Å²) < 4.78 is 0. The maximum Gasteiger partial charge on any atom is 0.309 e. The third-order valence-corrected chi connectivity index (χ3v) is 13.7. The molecule has 5 aliphatic rings. The van der Waals surface area contributed by atoms with Crippen molar-refractivity contribution in [1.82, 2.24) is 0 Å². The molecule has 5 saturated carbocycles. The molecule has 5 heteroatoms. The molecule has 5 nitrogen and oxygen atoms in total. The Hall–Kier alpha value is -0.910. The lowest BCUT2D eigenvalue weighted by Gasteiger charge is -2.72. The zero-order chi connectivity index (χ0) is 25.6. The summed E-state index contributed by atoms with van der Waals surface area (Å²) in [5, 5.41) is 41.8. The van der Waals surface area contributed by atoms with Gasteiger partial charge in [-0.25, -0.2) is 0 Å². The molecule has 35 heavy (non-hydrogen) atoms. The summed E-state index contributed by atoms with van der Waals surface area (Å²) in [4.78, 5) is 12.8. The first kappa shape index (κ1) is 25.7. The summed E-state index contributed by atoms with van der Waals surface area (Å²) in [5.74, 6) is 0.639. The topological polar surface area (TPSA) is 98.0 Å². The molecule has 5 aliphatic carbocycles. The quantitative estimate of drug-likeness (QED) is 0.416. The largest absolute Gasteiger partial charge is 0.481 e. The number of fused-ring (bicyclic) bond motifs is 7. The highest BCUT2D eigenvalue weighted by Gasteiger charge is 2.72. The predicted octanol–water partition coefficient (Wildman–Crippen LogP) is 5.03. The summed E-state index contributed by atoms with van der Waals surface area (Å²) >= 11 is 0. The van der Waals surface area contributed by atoms with Crippen LogP contribution >= 0.6 is 0 Å². The van der Waals surface area contributed by atoms with Crippen molar-refractivity contribution < 1.29 is 25.2 Å². The first-order valence-electron chi connectivity index (χ1n) is 14.2. The van der Waals surface area contributed by atoms with Gasteiger partial charge in [0, 0.05) is 5.41 Å². The number of aliphatic hydroxyl groups is 3. The maximum absolute atomic E-state index is 12.8. The zero-order valence-electron chi connectivity index (χ0n) is 22.4. The Balaban J connectivity index is 1.56. The van der Waals surface area contributed by atoms with E-state index in [2.05, 4.69) is 34.3 Å². The number of hydrogen-bond donors (Lipinski definition) is 4. The van der Waals surface area contributed by atoms with E-state index in [-0.39, 0.29) is 41.3 Å². The van der Waals surface area contributed by atoms with Crippen LogP contribution in [0, 0.1) is 56.7 Å². The minimum absolute atomic E-state index is 0.0336. The maximum atomic E-state index is 12.8. The fourth-order valence-corrected chi connectivity index (χ4v) is 11.6. The van der Waals surface area contributed by atoms with E-state index < -0.39 is 22.9 Å². The fraction of sp³-hybridized carbons (Fsp3) is 0.900. The number of aliphatic hydroxyl groups excluding tert-OH is 3. The summed E-state index contributed by atoms with van der Waals surface area (Å²) in [6, 6.07) is 0. The fourth-order valence-electron chi connectivity index (χ4n) is 11.6. The van der Waals surface area contributed by atoms with Crippen molar-refractivity contribution in [2.45, 2.75) is 98.0 Å².